The Hall–Kier alpha value is -3.11. The molecule has 0 saturated heterocycles. The maximum atomic E-state index is 12.4. The van der Waals surface area contributed by atoms with Gasteiger partial charge in [0.1, 0.15) is 24.0 Å². The van der Waals surface area contributed by atoms with Crippen LogP contribution in [0.1, 0.15) is 16.7 Å². The lowest BCUT2D eigenvalue weighted by atomic mass is 10.1. The SMILES string of the molecule is Cc1ccccc1COc1ccc(/C=C(/C#N)C(=O)Nc2ccccc2I)cc1. The molecule has 0 bridgehead atoms. The Labute approximate surface area is 184 Å². The predicted octanol–water partition coefficient (Wildman–Crippen LogP) is 5.72. The quantitative estimate of drug-likeness (QED) is 0.271. The standard InChI is InChI=1S/C24H19IN2O2/c1-17-6-2-3-7-19(17)16-29-21-12-10-18(11-13-21)14-20(15-26)24(28)27-23-9-5-4-8-22(23)25/h2-14H,16H2,1H3,(H,27,28)/b20-14-. The van der Waals surface area contributed by atoms with Gasteiger partial charge in [-0.15, -0.1) is 0 Å². The van der Waals surface area contributed by atoms with Crippen LogP contribution in [0.25, 0.3) is 6.08 Å². The Balaban J connectivity index is 1.67. The third-order valence-electron chi connectivity index (χ3n) is 4.33. The summed E-state index contributed by atoms with van der Waals surface area (Å²) in [5.74, 6) is 0.295. The van der Waals surface area contributed by atoms with Gasteiger partial charge in [0.05, 0.1) is 5.69 Å². The van der Waals surface area contributed by atoms with Gasteiger partial charge >= 0.3 is 0 Å². The zero-order valence-corrected chi connectivity index (χ0v) is 18.0. The number of anilines is 1. The van der Waals surface area contributed by atoms with Crippen LogP contribution in [0, 0.1) is 21.8 Å². The Kier molecular flexibility index (Phi) is 7.04. The normalized spacial score (nSPS) is 10.9. The number of amides is 1. The van der Waals surface area contributed by atoms with Crippen LogP contribution in [0.15, 0.2) is 78.4 Å². The number of ether oxygens (including phenoxy) is 1. The van der Waals surface area contributed by atoms with Crippen molar-refractivity contribution in [3.8, 4) is 11.8 Å². The van der Waals surface area contributed by atoms with Crippen LogP contribution >= 0.6 is 22.6 Å². The summed E-state index contributed by atoms with van der Waals surface area (Å²) in [7, 11) is 0. The molecule has 0 aliphatic heterocycles. The Morgan fingerprint density at radius 2 is 1.76 bits per heavy atom. The Morgan fingerprint density at radius 3 is 2.45 bits per heavy atom. The molecule has 144 valence electrons. The van der Waals surface area contributed by atoms with E-state index in [2.05, 4.69) is 40.9 Å². The molecule has 0 atom stereocenters. The molecule has 1 N–H and O–H groups in total. The molecule has 3 rings (SSSR count). The first-order valence-electron chi connectivity index (χ1n) is 9.02. The van der Waals surface area contributed by atoms with Crippen molar-refractivity contribution < 1.29 is 9.53 Å². The maximum Gasteiger partial charge on any atom is 0.266 e. The average Bonchev–Trinajstić information content (AvgIpc) is 2.74. The minimum atomic E-state index is -0.434. The Morgan fingerprint density at radius 1 is 1.07 bits per heavy atom. The van der Waals surface area contributed by atoms with Gasteiger partial charge in [-0.05, 0) is 76.5 Å². The molecule has 1 amide bonds. The van der Waals surface area contributed by atoms with Crippen molar-refractivity contribution in [2.45, 2.75) is 13.5 Å². The van der Waals surface area contributed by atoms with E-state index in [1.54, 1.807) is 12.1 Å². The molecule has 0 aliphatic carbocycles. The predicted molar refractivity (Wildman–Crippen MR) is 123 cm³/mol. The molecule has 0 fully saturated rings. The van der Waals surface area contributed by atoms with Gasteiger partial charge in [0.15, 0.2) is 0 Å². The van der Waals surface area contributed by atoms with Crippen LogP contribution in [-0.2, 0) is 11.4 Å². The van der Waals surface area contributed by atoms with Gasteiger partial charge in [0, 0.05) is 3.57 Å². The minimum Gasteiger partial charge on any atom is -0.489 e. The maximum absolute atomic E-state index is 12.4. The van der Waals surface area contributed by atoms with E-state index in [1.807, 2.05) is 66.7 Å². The van der Waals surface area contributed by atoms with Crippen molar-refractivity contribution in [2.24, 2.45) is 0 Å². The summed E-state index contributed by atoms with van der Waals surface area (Å²) in [5.41, 5.74) is 3.79. The van der Waals surface area contributed by atoms with E-state index in [9.17, 15) is 10.1 Å². The van der Waals surface area contributed by atoms with E-state index in [4.69, 9.17) is 4.74 Å². The highest BCUT2D eigenvalue weighted by atomic mass is 127. The van der Waals surface area contributed by atoms with Crippen LogP contribution in [0.2, 0.25) is 0 Å². The first kappa shape index (κ1) is 20.6. The number of para-hydroxylation sites is 1. The Bertz CT molecular complexity index is 1080. The molecule has 0 heterocycles. The van der Waals surface area contributed by atoms with Crippen molar-refractivity contribution in [1.29, 1.82) is 5.26 Å². The molecule has 3 aromatic carbocycles. The monoisotopic (exact) mass is 494 g/mol. The van der Waals surface area contributed by atoms with Gasteiger partial charge in [0.25, 0.3) is 5.91 Å². The van der Waals surface area contributed by atoms with Crippen molar-refractivity contribution in [3.63, 3.8) is 0 Å². The number of hydrogen-bond donors (Lipinski definition) is 1. The third-order valence-corrected chi connectivity index (χ3v) is 5.27. The average molecular weight is 494 g/mol. The lowest BCUT2D eigenvalue weighted by Gasteiger charge is -2.09. The number of nitrogens with zero attached hydrogens (tertiary/aromatic N) is 1. The lowest BCUT2D eigenvalue weighted by Crippen LogP contribution is -2.14. The molecule has 0 aromatic heterocycles. The topological polar surface area (TPSA) is 62.1 Å². The molecule has 0 saturated carbocycles. The van der Waals surface area contributed by atoms with Gasteiger partial charge < -0.3 is 10.1 Å². The molecular weight excluding hydrogens is 475 g/mol. The van der Waals surface area contributed by atoms with Gasteiger partial charge in [-0.3, -0.25) is 4.79 Å². The van der Waals surface area contributed by atoms with Gasteiger partial charge in [-0.25, -0.2) is 0 Å². The largest absolute Gasteiger partial charge is 0.489 e. The zero-order valence-electron chi connectivity index (χ0n) is 15.9. The molecule has 0 aliphatic rings. The van der Waals surface area contributed by atoms with E-state index < -0.39 is 5.91 Å². The first-order valence-corrected chi connectivity index (χ1v) is 10.1. The summed E-state index contributed by atoms with van der Waals surface area (Å²) >= 11 is 2.14. The van der Waals surface area contributed by atoms with Gasteiger partial charge in [-0.2, -0.15) is 5.26 Å². The fourth-order valence-corrected chi connectivity index (χ4v) is 3.18. The summed E-state index contributed by atoms with van der Waals surface area (Å²) in [5, 5.41) is 12.2. The van der Waals surface area contributed by atoms with Gasteiger partial charge in [0.2, 0.25) is 0 Å². The van der Waals surface area contributed by atoms with Crippen LogP contribution in [0.5, 0.6) is 5.75 Å². The van der Waals surface area contributed by atoms with Crippen molar-refractivity contribution in [1.82, 2.24) is 0 Å². The molecule has 0 spiro atoms. The number of hydrogen-bond acceptors (Lipinski definition) is 3. The smallest absolute Gasteiger partial charge is 0.266 e. The molecule has 29 heavy (non-hydrogen) atoms. The number of nitrogens with one attached hydrogen (secondary N) is 1. The molecule has 4 nitrogen and oxygen atoms in total. The highest BCUT2D eigenvalue weighted by Gasteiger charge is 2.11. The lowest BCUT2D eigenvalue weighted by molar-refractivity contribution is -0.112. The number of benzene rings is 3. The summed E-state index contributed by atoms with van der Waals surface area (Å²) in [6.45, 7) is 2.54. The highest BCUT2D eigenvalue weighted by molar-refractivity contribution is 14.1. The third kappa shape index (κ3) is 5.69. The number of carbonyl (C=O) groups is 1. The van der Waals surface area contributed by atoms with Crippen molar-refractivity contribution in [3.05, 3.63) is 98.6 Å². The molecular formula is C24H19IN2O2. The number of aryl methyl sites for hydroxylation is 1. The van der Waals surface area contributed by atoms with Crippen molar-refractivity contribution >= 4 is 40.3 Å². The first-order chi connectivity index (χ1) is 14.1. The second-order valence-electron chi connectivity index (χ2n) is 6.39. The van der Waals surface area contributed by atoms with E-state index >= 15 is 0 Å². The molecule has 3 aromatic rings. The number of halogens is 1. The van der Waals surface area contributed by atoms with E-state index in [0.29, 0.717) is 12.3 Å². The van der Waals surface area contributed by atoms with Crippen molar-refractivity contribution in [2.75, 3.05) is 5.32 Å². The summed E-state index contributed by atoms with van der Waals surface area (Å²) < 4.78 is 6.74. The van der Waals surface area contributed by atoms with Crippen LogP contribution in [-0.4, -0.2) is 5.91 Å². The fraction of sp³-hybridized carbons (Fsp3) is 0.0833. The zero-order chi connectivity index (χ0) is 20.6. The fourth-order valence-electron chi connectivity index (χ4n) is 2.66. The number of rotatable bonds is 6. The second-order valence-corrected chi connectivity index (χ2v) is 7.55. The summed E-state index contributed by atoms with van der Waals surface area (Å²) in [6, 6.07) is 24.8. The van der Waals surface area contributed by atoms with E-state index in [1.165, 1.54) is 5.56 Å². The second kappa shape index (κ2) is 9.89. The van der Waals surface area contributed by atoms with Crippen LogP contribution < -0.4 is 10.1 Å². The van der Waals surface area contributed by atoms with E-state index in [0.717, 1.165) is 20.4 Å². The van der Waals surface area contributed by atoms with E-state index in [-0.39, 0.29) is 5.57 Å². The van der Waals surface area contributed by atoms with Gasteiger partial charge in [-0.1, -0.05) is 48.5 Å². The number of carbonyl (C=O) groups excluding carboxylic acids is 1. The molecule has 0 unspecified atom stereocenters. The van der Waals surface area contributed by atoms with Crippen LogP contribution in [0.3, 0.4) is 0 Å². The summed E-state index contributed by atoms with van der Waals surface area (Å²) in [6.07, 6.45) is 1.57. The molecule has 0 radical (unpaired) electrons. The summed E-state index contributed by atoms with van der Waals surface area (Å²) in [4.78, 5) is 12.4. The highest BCUT2D eigenvalue weighted by Crippen LogP contribution is 2.20. The van der Waals surface area contributed by atoms with Crippen LogP contribution in [0.4, 0.5) is 5.69 Å². The number of nitriles is 1. The minimum absolute atomic E-state index is 0.0400. The molecule has 5 heteroatoms.